The first-order chi connectivity index (χ1) is 15.0. The maximum absolute atomic E-state index is 12.8. The molecule has 4 aliphatic rings. The number of carbonyl (C=O) groups is 4. The Kier molecular flexibility index (Phi) is 4.37. The van der Waals surface area contributed by atoms with Crippen molar-refractivity contribution in [1.82, 2.24) is 10.6 Å². The number of hydrogen-bond acceptors (Lipinski definition) is 6. The summed E-state index contributed by atoms with van der Waals surface area (Å²) in [5.74, 6) is -7.67. The van der Waals surface area contributed by atoms with Crippen molar-refractivity contribution in [1.29, 1.82) is 0 Å². The molecule has 32 heavy (non-hydrogen) atoms. The smallest absolute Gasteiger partial charge is 0.508 e. The normalized spacial score (nSPS) is 33.7. The van der Waals surface area contributed by atoms with Crippen LogP contribution in [0, 0.1) is 29.6 Å². The number of benzene rings is 1. The van der Waals surface area contributed by atoms with Crippen LogP contribution < -0.4 is 15.4 Å². The Balaban J connectivity index is 1.64. The van der Waals surface area contributed by atoms with Gasteiger partial charge in [-0.1, -0.05) is 11.6 Å². The van der Waals surface area contributed by atoms with Gasteiger partial charge in [0.25, 0.3) is 0 Å². The molecule has 4 amide bonds. The van der Waals surface area contributed by atoms with Gasteiger partial charge >= 0.3 is 6.36 Å². The van der Waals surface area contributed by atoms with E-state index in [-0.39, 0.29) is 24.2 Å². The van der Waals surface area contributed by atoms with Crippen molar-refractivity contribution in [3.05, 3.63) is 35.4 Å². The van der Waals surface area contributed by atoms with Crippen molar-refractivity contribution in [3.63, 3.8) is 0 Å². The number of rotatable bonds is 2. The second-order valence-corrected chi connectivity index (χ2v) is 8.50. The molecule has 2 heterocycles. The number of aromatic hydroxyl groups is 1. The summed E-state index contributed by atoms with van der Waals surface area (Å²) in [5.41, 5.74) is 0.549. The zero-order valence-corrected chi connectivity index (χ0v) is 16.3. The van der Waals surface area contributed by atoms with Gasteiger partial charge in [-0.05, 0) is 37.0 Å². The Bertz CT molecular complexity index is 1100. The third kappa shape index (κ3) is 3.06. The molecule has 1 aromatic rings. The molecule has 0 bridgehead atoms. The zero-order valence-electron chi connectivity index (χ0n) is 16.3. The summed E-state index contributed by atoms with van der Waals surface area (Å²) >= 11 is 0. The predicted molar refractivity (Wildman–Crippen MR) is 98.6 cm³/mol. The van der Waals surface area contributed by atoms with Gasteiger partial charge in [0.15, 0.2) is 0 Å². The molecule has 3 fully saturated rings. The molecule has 2 saturated heterocycles. The molecule has 2 aliphatic carbocycles. The third-order valence-corrected chi connectivity index (χ3v) is 6.90. The lowest BCUT2D eigenvalue weighted by Gasteiger charge is -2.44. The summed E-state index contributed by atoms with van der Waals surface area (Å²) in [6, 6.07) is 2.97. The SMILES string of the molecule is O=C1NC(=O)[C@H]2CC=C3[C@@H](C[C@H]4C(=O)NC(=O)[C@H]4[C@H]3c3cc(OC(F)(F)F)ccc3O)[C@@H]12. The van der Waals surface area contributed by atoms with E-state index >= 15 is 0 Å². The van der Waals surface area contributed by atoms with Gasteiger partial charge in [0.2, 0.25) is 23.6 Å². The Hall–Kier alpha value is -3.37. The molecular weight excluding hydrogens is 433 g/mol. The van der Waals surface area contributed by atoms with Crippen molar-refractivity contribution >= 4 is 23.6 Å². The van der Waals surface area contributed by atoms with Crippen LogP contribution in [0.4, 0.5) is 13.2 Å². The number of hydrogen-bond donors (Lipinski definition) is 3. The summed E-state index contributed by atoms with van der Waals surface area (Å²) in [6.45, 7) is 0. The van der Waals surface area contributed by atoms with Gasteiger partial charge in [-0.3, -0.25) is 29.8 Å². The van der Waals surface area contributed by atoms with E-state index in [9.17, 15) is 37.5 Å². The van der Waals surface area contributed by atoms with Gasteiger partial charge in [0, 0.05) is 11.5 Å². The van der Waals surface area contributed by atoms with Crippen LogP contribution in [-0.2, 0) is 19.2 Å². The van der Waals surface area contributed by atoms with Crippen LogP contribution in [0.15, 0.2) is 29.8 Å². The van der Waals surface area contributed by atoms with Gasteiger partial charge in [-0.25, -0.2) is 0 Å². The van der Waals surface area contributed by atoms with Gasteiger partial charge in [-0.2, -0.15) is 0 Å². The van der Waals surface area contributed by atoms with E-state index in [0.717, 1.165) is 18.2 Å². The number of amides is 4. The van der Waals surface area contributed by atoms with Gasteiger partial charge in [0.05, 0.1) is 23.7 Å². The molecule has 0 unspecified atom stereocenters. The Labute approximate surface area is 178 Å². The van der Waals surface area contributed by atoms with E-state index in [1.54, 1.807) is 6.08 Å². The predicted octanol–water partition coefficient (Wildman–Crippen LogP) is 1.50. The summed E-state index contributed by atoms with van der Waals surface area (Å²) in [4.78, 5) is 49.8. The van der Waals surface area contributed by atoms with Crippen molar-refractivity contribution < 1.29 is 42.2 Å². The minimum Gasteiger partial charge on any atom is -0.508 e. The van der Waals surface area contributed by atoms with Gasteiger partial charge in [0.1, 0.15) is 11.5 Å². The number of phenolic OH excluding ortho intramolecular Hbond substituents is 1. The van der Waals surface area contributed by atoms with Crippen LogP contribution in [-0.4, -0.2) is 35.1 Å². The van der Waals surface area contributed by atoms with Crippen LogP contribution in [0.2, 0.25) is 0 Å². The number of nitrogens with one attached hydrogen (secondary N) is 2. The number of allylic oxidation sites excluding steroid dienone is 2. The Morgan fingerprint density at radius 2 is 1.56 bits per heavy atom. The lowest BCUT2D eigenvalue weighted by molar-refractivity contribution is -0.274. The van der Waals surface area contributed by atoms with E-state index in [4.69, 9.17) is 0 Å². The summed E-state index contributed by atoms with van der Waals surface area (Å²) < 4.78 is 42.3. The second-order valence-electron chi connectivity index (χ2n) is 8.50. The molecule has 0 spiro atoms. The highest BCUT2D eigenvalue weighted by molar-refractivity contribution is 6.07. The highest BCUT2D eigenvalue weighted by Crippen LogP contribution is 2.57. The highest BCUT2D eigenvalue weighted by atomic mass is 19.4. The first-order valence-corrected chi connectivity index (χ1v) is 10.0. The fourth-order valence-corrected chi connectivity index (χ4v) is 5.74. The molecule has 2 aliphatic heterocycles. The molecule has 6 atom stereocenters. The molecule has 168 valence electrons. The lowest BCUT2D eigenvalue weighted by atomic mass is 9.57. The molecule has 5 rings (SSSR count). The van der Waals surface area contributed by atoms with Crippen LogP contribution in [0.25, 0.3) is 0 Å². The quantitative estimate of drug-likeness (QED) is 0.464. The molecule has 0 aromatic heterocycles. The molecule has 1 saturated carbocycles. The molecule has 0 radical (unpaired) electrons. The first-order valence-electron chi connectivity index (χ1n) is 10.0. The monoisotopic (exact) mass is 450 g/mol. The number of phenols is 1. The fraction of sp³-hybridized carbons (Fsp3) is 0.429. The number of imide groups is 2. The average molecular weight is 450 g/mol. The maximum Gasteiger partial charge on any atom is 0.573 e. The van der Waals surface area contributed by atoms with Crippen LogP contribution in [0.1, 0.15) is 24.3 Å². The standard InChI is InChI=1S/C21H17F3N2O6/c22-21(23,24)32-7-1-4-13(27)11(5-7)14-8-2-3-9-15(19(30)25-17(9)28)10(8)6-12-16(14)20(31)26-18(12)29/h1-2,4-5,9-10,12,14-16,27H,3,6H2,(H,25,28,30)(H,26,29,31)/t9-,10+,12+,14+,15-,16+/m0/s1. The largest absolute Gasteiger partial charge is 0.573 e. The third-order valence-electron chi connectivity index (χ3n) is 6.90. The second kappa shape index (κ2) is 6.81. The number of carbonyl (C=O) groups excluding carboxylic acids is 4. The number of halogens is 3. The molecule has 3 N–H and O–H groups in total. The molecule has 11 heteroatoms. The minimum absolute atomic E-state index is 0.00858. The molecule has 8 nitrogen and oxygen atoms in total. The van der Waals surface area contributed by atoms with Crippen molar-refractivity contribution in [2.24, 2.45) is 29.6 Å². The lowest BCUT2D eigenvalue weighted by Crippen LogP contribution is -2.42. The van der Waals surface area contributed by atoms with Crippen LogP contribution in [0.5, 0.6) is 11.5 Å². The minimum atomic E-state index is -4.97. The molecular formula is C21H17F3N2O6. The van der Waals surface area contributed by atoms with Crippen LogP contribution in [0.3, 0.4) is 0 Å². The Morgan fingerprint density at radius 3 is 2.25 bits per heavy atom. The fourth-order valence-electron chi connectivity index (χ4n) is 5.74. The van der Waals surface area contributed by atoms with E-state index in [1.807, 2.05) is 0 Å². The van der Waals surface area contributed by atoms with Crippen LogP contribution >= 0.6 is 0 Å². The number of alkyl halides is 3. The Morgan fingerprint density at radius 1 is 0.906 bits per heavy atom. The van der Waals surface area contributed by atoms with E-state index < -0.39 is 71.2 Å². The highest BCUT2D eigenvalue weighted by Gasteiger charge is 2.59. The summed E-state index contributed by atoms with van der Waals surface area (Å²) in [7, 11) is 0. The summed E-state index contributed by atoms with van der Waals surface area (Å²) in [6.07, 6.45) is -2.91. The zero-order chi connectivity index (χ0) is 22.9. The molecule has 1 aromatic carbocycles. The summed E-state index contributed by atoms with van der Waals surface area (Å²) in [5, 5.41) is 15.1. The van der Waals surface area contributed by atoms with Crippen molar-refractivity contribution in [2.45, 2.75) is 25.1 Å². The van der Waals surface area contributed by atoms with Gasteiger partial charge in [-0.15, -0.1) is 13.2 Å². The first kappa shape index (κ1) is 20.5. The van der Waals surface area contributed by atoms with Crippen molar-refractivity contribution in [2.75, 3.05) is 0 Å². The van der Waals surface area contributed by atoms with E-state index in [2.05, 4.69) is 15.4 Å². The number of fused-ring (bicyclic) bond motifs is 4. The topological polar surface area (TPSA) is 122 Å². The van der Waals surface area contributed by atoms with Gasteiger partial charge < -0.3 is 9.84 Å². The number of ether oxygens (including phenoxy) is 1. The van der Waals surface area contributed by atoms with E-state index in [0.29, 0.717) is 5.57 Å². The average Bonchev–Trinajstić information content (AvgIpc) is 3.16. The maximum atomic E-state index is 12.8. The van der Waals surface area contributed by atoms with Crippen molar-refractivity contribution in [3.8, 4) is 11.5 Å². The van der Waals surface area contributed by atoms with E-state index in [1.165, 1.54) is 0 Å².